The van der Waals surface area contributed by atoms with Crippen molar-refractivity contribution < 1.29 is 45.8 Å². The third-order valence-electron chi connectivity index (χ3n) is 6.56. The maximum atomic E-state index is 13.8. The number of carbonyl (C=O) groups is 3. The monoisotopic (exact) mass is 607 g/mol. The van der Waals surface area contributed by atoms with Gasteiger partial charge in [-0.15, -0.1) is 0 Å². The Morgan fingerprint density at radius 2 is 1.10 bits per heavy atom. The molecule has 0 fully saturated rings. The van der Waals surface area contributed by atoms with Crippen molar-refractivity contribution in [2.45, 2.75) is 142 Å². The molecule has 0 unspecified atom stereocenters. The van der Waals surface area contributed by atoms with Crippen LogP contribution in [0, 0.1) is 29.1 Å². The van der Waals surface area contributed by atoms with Crippen LogP contribution in [0.25, 0.3) is 0 Å². The van der Waals surface area contributed by atoms with E-state index in [0.717, 1.165) is 25.7 Å². The largest absolute Gasteiger partial charge is 0.458 e. The highest BCUT2D eigenvalue weighted by molar-refractivity contribution is 5.85. The Balaban J connectivity index is 2.50. The average Bonchev–Trinajstić information content (AvgIpc) is 2.92. The van der Waals surface area contributed by atoms with E-state index in [2.05, 4.69) is 17.0 Å². The topological polar surface area (TPSA) is 81.7 Å². The first-order chi connectivity index (χ1) is 19.8. The average molecular weight is 608 g/mol. The zero-order valence-corrected chi connectivity index (χ0v) is 25.3. The highest BCUT2D eigenvalue weighted by Crippen LogP contribution is 2.29. The number of ether oxygens (including phenoxy) is 2. The van der Waals surface area contributed by atoms with Gasteiger partial charge in [0.1, 0.15) is 11.6 Å². The van der Waals surface area contributed by atoms with Crippen molar-refractivity contribution in [3.05, 3.63) is 29.1 Å². The summed E-state index contributed by atoms with van der Waals surface area (Å²) in [6, 6.07) is -1.29. The minimum absolute atomic E-state index is 0.145. The molecule has 42 heavy (non-hydrogen) atoms. The van der Waals surface area contributed by atoms with E-state index in [9.17, 15) is 36.3 Å². The lowest BCUT2D eigenvalue weighted by Crippen LogP contribution is -2.44. The van der Waals surface area contributed by atoms with Gasteiger partial charge >= 0.3 is 11.9 Å². The third kappa shape index (κ3) is 14.4. The Kier molecular flexibility index (Phi) is 17.3. The van der Waals surface area contributed by atoms with Crippen molar-refractivity contribution in [2.75, 3.05) is 0 Å². The summed E-state index contributed by atoms with van der Waals surface area (Å²) in [7, 11) is 0. The first kappa shape index (κ1) is 37.3. The fourth-order valence-corrected chi connectivity index (χ4v) is 4.29. The van der Waals surface area contributed by atoms with E-state index in [1.165, 1.54) is 51.4 Å². The first-order valence-corrected chi connectivity index (χ1v) is 15.0. The SMILES string of the molecule is CCCCCCCCCCCCCCCC(=O)N[C@@H](CCC(=O)Oc1c(F)c(F)c(F)c(F)c1F)C(=O)OC(C)(C)C. The molecule has 11 heteroatoms. The Morgan fingerprint density at radius 3 is 1.55 bits per heavy atom. The van der Waals surface area contributed by atoms with Crippen molar-refractivity contribution in [2.24, 2.45) is 0 Å². The molecule has 0 aliphatic carbocycles. The second-order valence-corrected chi connectivity index (χ2v) is 11.6. The predicted octanol–water partition coefficient (Wildman–Crippen LogP) is 8.38. The van der Waals surface area contributed by atoms with Crippen LogP contribution in [0.3, 0.4) is 0 Å². The summed E-state index contributed by atoms with van der Waals surface area (Å²) in [4.78, 5) is 37.3. The number of benzene rings is 1. The third-order valence-corrected chi connectivity index (χ3v) is 6.56. The molecule has 1 rings (SSSR count). The highest BCUT2D eigenvalue weighted by atomic mass is 19.2. The Hall–Kier alpha value is -2.72. The summed E-state index contributed by atoms with van der Waals surface area (Å²) in [6.45, 7) is 7.03. The molecule has 1 aromatic rings. The van der Waals surface area contributed by atoms with Crippen molar-refractivity contribution in [1.29, 1.82) is 0 Å². The number of hydrogen-bond acceptors (Lipinski definition) is 5. The molecule has 1 amide bonds. The van der Waals surface area contributed by atoms with Crippen LogP contribution in [0.1, 0.15) is 130 Å². The molecule has 0 saturated heterocycles. The molecule has 240 valence electrons. The summed E-state index contributed by atoms with van der Waals surface area (Å²) in [5.41, 5.74) is -0.912. The number of esters is 2. The van der Waals surface area contributed by atoms with Crippen LogP contribution >= 0.6 is 0 Å². The normalized spacial score (nSPS) is 12.2. The second-order valence-electron chi connectivity index (χ2n) is 11.6. The van der Waals surface area contributed by atoms with Gasteiger partial charge < -0.3 is 14.8 Å². The smallest absolute Gasteiger partial charge is 0.329 e. The molecule has 6 nitrogen and oxygen atoms in total. The number of unbranched alkanes of at least 4 members (excludes halogenated alkanes) is 12. The Labute approximate surface area is 246 Å². The van der Waals surface area contributed by atoms with Crippen LogP contribution in [0.5, 0.6) is 5.75 Å². The molecule has 1 atom stereocenters. The van der Waals surface area contributed by atoms with Crippen molar-refractivity contribution in [3.63, 3.8) is 0 Å². The molecule has 1 N–H and O–H groups in total. The lowest BCUT2D eigenvalue weighted by molar-refractivity contribution is -0.159. The van der Waals surface area contributed by atoms with Crippen LogP contribution in [-0.2, 0) is 19.1 Å². The zero-order valence-electron chi connectivity index (χ0n) is 25.3. The van der Waals surface area contributed by atoms with Gasteiger partial charge in [0.05, 0.1) is 0 Å². The number of amides is 1. The van der Waals surface area contributed by atoms with Gasteiger partial charge in [0, 0.05) is 12.8 Å². The van der Waals surface area contributed by atoms with E-state index in [1.54, 1.807) is 20.8 Å². The van der Waals surface area contributed by atoms with Crippen LogP contribution in [0.4, 0.5) is 22.0 Å². The summed E-state index contributed by atoms with van der Waals surface area (Å²) in [5.74, 6) is -15.9. The van der Waals surface area contributed by atoms with E-state index in [4.69, 9.17) is 4.74 Å². The molecule has 0 aliphatic heterocycles. The van der Waals surface area contributed by atoms with Crippen LogP contribution < -0.4 is 10.1 Å². The van der Waals surface area contributed by atoms with E-state index in [-0.39, 0.29) is 12.8 Å². The van der Waals surface area contributed by atoms with Gasteiger partial charge in [0.25, 0.3) is 0 Å². The predicted molar refractivity (Wildman–Crippen MR) is 149 cm³/mol. The summed E-state index contributed by atoms with van der Waals surface area (Å²) in [6.07, 6.45) is 14.0. The van der Waals surface area contributed by atoms with Gasteiger partial charge in [-0.2, -0.15) is 8.78 Å². The minimum Gasteiger partial charge on any atom is -0.458 e. The lowest BCUT2D eigenvalue weighted by Gasteiger charge is -2.24. The summed E-state index contributed by atoms with van der Waals surface area (Å²) < 4.78 is 77.3. The fourth-order valence-electron chi connectivity index (χ4n) is 4.29. The summed E-state index contributed by atoms with van der Waals surface area (Å²) in [5, 5.41) is 2.51. The molecular weight excluding hydrogens is 561 g/mol. The van der Waals surface area contributed by atoms with Crippen molar-refractivity contribution in [1.82, 2.24) is 5.32 Å². The number of rotatable bonds is 20. The molecule has 1 aromatic carbocycles. The molecule has 0 aliphatic rings. The van der Waals surface area contributed by atoms with Gasteiger partial charge in [-0.1, -0.05) is 84.0 Å². The number of halogens is 5. The maximum Gasteiger partial charge on any atom is 0.329 e. The molecule has 0 radical (unpaired) electrons. The van der Waals surface area contributed by atoms with Crippen LogP contribution in [0.2, 0.25) is 0 Å². The standard InChI is InChI=1S/C31H46F5NO5/c1-5-6-7-8-9-10-11-12-13-14-15-16-17-18-22(38)37-21(30(40)42-31(2,3)4)19-20-23(39)41-29-27(35)25(33)24(32)26(34)28(29)36/h21H,5-20H2,1-4H3,(H,37,38)/t21-/m0/s1. The van der Waals surface area contributed by atoms with Crippen LogP contribution in [-0.4, -0.2) is 29.5 Å². The van der Waals surface area contributed by atoms with E-state index in [1.807, 2.05) is 0 Å². The quantitative estimate of drug-likeness (QED) is 0.0402. The summed E-state index contributed by atoms with van der Waals surface area (Å²) >= 11 is 0. The number of nitrogens with one attached hydrogen (secondary N) is 1. The first-order valence-electron chi connectivity index (χ1n) is 15.0. The van der Waals surface area contributed by atoms with E-state index >= 15 is 0 Å². The molecule has 0 spiro atoms. The number of carbonyl (C=O) groups excluding carboxylic acids is 3. The highest BCUT2D eigenvalue weighted by Gasteiger charge is 2.30. The van der Waals surface area contributed by atoms with Gasteiger partial charge in [0.15, 0.2) is 0 Å². The lowest BCUT2D eigenvalue weighted by atomic mass is 10.0. The zero-order chi connectivity index (χ0) is 31.7. The number of hydrogen-bond donors (Lipinski definition) is 1. The molecule has 0 saturated carbocycles. The molecule has 0 bridgehead atoms. The molecule has 0 aromatic heterocycles. The van der Waals surface area contributed by atoms with Crippen molar-refractivity contribution in [3.8, 4) is 5.75 Å². The Bertz CT molecular complexity index is 983. The van der Waals surface area contributed by atoms with Gasteiger partial charge in [-0.3, -0.25) is 9.59 Å². The van der Waals surface area contributed by atoms with Crippen molar-refractivity contribution >= 4 is 17.8 Å². The van der Waals surface area contributed by atoms with E-state index < -0.39 is 70.7 Å². The van der Waals surface area contributed by atoms with E-state index in [0.29, 0.717) is 6.42 Å². The minimum atomic E-state index is -2.39. The molecule has 0 heterocycles. The van der Waals surface area contributed by atoms with Gasteiger partial charge in [-0.25, -0.2) is 18.0 Å². The fraction of sp³-hybridized carbons (Fsp3) is 0.710. The molecular formula is C31H46F5NO5. The van der Waals surface area contributed by atoms with Crippen LogP contribution in [0.15, 0.2) is 0 Å². The van der Waals surface area contributed by atoms with Gasteiger partial charge in [-0.05, 0) is 33.6 Å². The van der Waals surface area contributed by atoms with Gasteiger partial charge in [0.2, 0.25) is 40.7 Å². The Morgan fingerprint density at radius 1 is 0.667 bits per heavy atom. The second kappa shape index (κ2) is 19.5. The maximum absolute atomic E-state index is 13.8.